The van der Waals surface area contributed by atoms with Gasteiger partial charge in [0.15, 0.2) is 0 Å². The van der Waals surface area contributed by atoms with Crippen LogP contribution in [0.3, 0.4) is 0 Å². The highest BCUT2D eigenvalue weighted by molar-refractivity contribution is 6.34. The summed E-state index contributed by atoms with van der Waals surface area (Å²) in [4.78, 5) is 34.8. The number of nitro groups is 1. The SMILES string of the molecule is CC(C)C(NC(=O)c1ccc([N+](=O)[O-])cc1Cl)C(=O)NCCCCN.Cl. The van der Waals surface area contributed by atoms with E-state index in [1.165, 1.54) is 12.1 Å². The first-order valence-electron chi connectivity index (χ1n) is 8.00. The fraction of sp³-hybridized carbons (Fsp3) is 0.500. The molecule has 0 aromatic heterocycles. The lowest BCUT2D eigenvalue weighted by atomic mass is 10.0. The zero-order valence-electron chi connectivity index (χ0n) is 14.7. The molecule has 8 nitrogen and oxygen atoms in total. The van der Waals surface area contributed by atoms with Crippen LogP contribution in [0.2, 0.25) is 5.02 Å². The molecular weight excluding hydrogens is 383 g/mol. The number of benzene rings is 1. The molecule has 0 heterocycles. The number of rotatable bonds is 9. The molecule has 146 valence electrons. The van der Waals surface area contributed by atoms with Gasteiger partial charge in [-0.3, -0.25) is 19.7 Å². The van der Waals surface area contributed by atoms with Crippen molar-refractivity contribution in [2.45, 2.75) is 32.7 Å². The van der Waals surface area contributed by atoms with E-state index in [0.29, 0.717) is 13.1 Å². The number of carbonyl (C=O) groups excluding carboxylic acids is 2. The van der Waals surface area contributed by atoms with Crippen LogP contribution in [0.1, 0.15) is 37.0 Å². The van der Waals surface area contributed by atoms with Gasteiger partial charge in [0.1, 0.15) is 6.04 Å². The number of halogens is 2. The van der Waals surface area contributed by atoms with Gasteiger partial charge in [0.2, 0.25) is 5.91 Å². The van der Waals surface area contributed by atoms with Crippen molar-refractivity contribution in [1.29, 1.82) is 0 Å². The average molecular weight is 407 g/mol. The fourth-order valence-electron chi connectivity index (χ4n) is 2.15. The van der Waals surface area contributed by atoms with Gasteiger partial charge in [0.05, 0.1) is 15.5 Å². The highest BCUT2D eigenvalue weighted by atomic mass is 35.5. The standard InChI is InChI=1S/C16H23ClN4O4.ClH/c1-10(2)14(16(23)19-8-4-3-7-18)20-15(22)12-6-5-11(21(24)25)9-13(12)17;/h5-6,9-10,14H,3-4,7-8,18H2,1-2H3,(H,19,23)(H,20,22);1H. The van der Waals surface area contributed by atoms with Crippen molar-refractivity contribution in [3.05, 3.63) is 38.9 Å². The summed E-state index contributed by atoms with van der Waals surface area (Å²) in [5.74, 6) is -0.996. The third-order valence-corrected chi connectivity index (χ3v) is 3.89. The van der Waals surface area contributed by atoms with E-state index in [2.05, 4.69) is 10.6 Å². The molecule has 0 aliphatic heterocycles. The topological polar surface area (TPSA) is 127 Å². The molecule has 0 saturated carbocycles. The fourth-order valence-corrected chi connectivity index (χ4v) is 2.41. The number of nitro benzene ring substituents is 1. The van der Waals surface area contributed by atoms with Gasteiger partial charge in [-0.05, 0) is 31.4 Å². The minimum atomic E-state index is -0.739. The van der Waals surface area contributed by atoms with Crippen LogP contribution in [0.15, 0.2) is 18.2 Å². The van der Waals surface area contributed by atoms with Gasteiger partial charge in [0.25, 0.3) is 11.6 Å². The van der Waals surface area contributed by atoms with Crippen molar-refractivity contribution >= 4 is 41.5 Å². The number of unbranched alkanes of at least 4 members (excludes halogenated alkanes) is 1. The van der Waals surface area contributed by atoms with Crippen molar-refractivity contribution in [3.63, 3.8) is 0 Å². The van der Waals surface area contributed by atoms with E-state index in [-0.39, 0.29) is 40.5 Å². The maximum atomic E-state index is 12.4. The Hall–Kier alpha value is -1.90. The Morgan fingerprint density at radius 2 is 1.96 bits per heavy atom. The van der Waals surface area contributed by atoms with Crippen LogP contribution in [0.4, 0.5) is 5.69 Å². The summed E-state index contributed by atoms with van der Waals surface area (Å²) in [5, 5.41) is 16.1. The zero-order valence-corrected chi connectivity index (χ0v) is 16.2. The van der Waals surface area contributed by atoms with E-state index in [9.17, 15) is 19.7 Å². The molecule has 0 fully saturated rings. The van der Waals surface area contributed by atoms with Gasteiger partial charge < -0.3 is 16.4 Å². The first-order chi connectivity index (χ1) is 11.8. The minimum Gasteiger partial charge on any atom is -0.354 e. The summed E-state index contributed by atoms with van der Waals surface area (Å²) in [6, 6.07) is 2.83. The van der Waals surface area contributed by atoms with Gasteiger partial charge in [0, 0.05) is 18.7 Å². The summed E-state index contributed by atoms with van der Waals surface area (Å²) >= 11 is 5.95. The second-order valence-electron chi connectivity index (χ2n) is 5.90. The van der Waals surface area contributed by atoms with Gasteiger partial charge in [-0.15, -0.1) is 12.4 Å². The molecule has 0 aliphatic carbocycles. The number of hydrogen-bond acceptors (Lipinski definition) is 5. The summed E-state index contributed by atoms with van der Waals surface area (Å²) < 4.78 is 0. The maximum absolute atomic E-state index is 12.4. The average Bonchev–Trinajstić information content (AvgIpc) is 2.55. The zero-order chi connectivity index (χ0) is 19.0. The molecular formula is C16H24Cl2N4O4. The molecule has 1 rings (SSSR count). The lowest BCUT2D eigenvalue weighted by Crippen LogP contribution is -2.50. The number of nitrogens with zero attached hydrogens (tertiary/aromatic N) is 1. The number of non-ortho nitro benzene ring substituents is 1. The van der Waals surface area contributed by atoms with E-state index in [0.717, 1.165) is 18.9 Å². The van der Waals surface area contributed by atoms with Gasteiger partial charge in [-0.25, -0.2) is 0 Å². The van der Waals surface area contributed by atoms with E-state index in [1.54, 1.807) is 0 Å². The van der Waals surface area contributed by atoms with Gasteiger partial charge in [-0.1, -0.05) is 25.4 Å². The number of carbonyl (C=O) groups is 2. The Morgan fingerprint density at radius 1 is 1.31 bits per heavy atom. The smallest absolute Gasteiger partial charge is 0.270 e. The maximum Gasteiger partial charge on any atom is 0.270 e. The third kappa shape index (κ3) is 7.15. The normalized spacial score (nSPS) is 11.4. The van der Waals surface area contributed by atoms with E-state index < -0.39 is 16.9 Å². The van der Waals surface area contributed by atoms with Crippen LogP contribution < -0.4 is 16.4 Å². The molecule has 1 atom stereocenters. The lowest BCUT2D eigenvalue weighted by molar-refractivity contribution is -0.384. The van der Waals surface area contributed by atoms with Crippen molar-refractivity contribution in [3.8, 4) is 0 Å². The monoisotopic (exact) mass is 406 g/mol. The van der Waals surface area contributed by atoms with Crippen molar-refractivity contribution < 1.29 is 14.5 Å². The highest BCUT2D eigenvalue weighted by Crippen LogP contribution is 2.22. The lowest BCUT2D eigenvalue weighted by Gasteiger charge is -2.22. The van der Waals surface area contributed by atoms with E-state index in [1.807, 2.05) is 13.8 Å². The second-order valence-corrected chi connectivity index (χ2v) is 6.31. The predicted octanol–water partition coefficient (Wildman–Crippen LogP) is 2.28. The Balaban J connectivity index is 0.00000625. The molecule has 0 saturated heterocycles. The molecule has 1 unspecified atom stereocenters. The molecule has 1 aromatic rings. The Kier molecular flexibility index (Phi) is 10.8. The molecule has 0 bridgehead atoms. The minimum absolute atomic E-state index is 0. The Bertz CT molecular complexity index is 641. The molecule has 10 heteroatoms. The van der Waals surface area contributed by atoms with Gasteiger partial charge >= 0.3 is 0 Å². The van der Waals surface area contributed by atoms with Gasteiger partial charge in [-0.2, -0.15) is 0 Å². The molecule has 0 spiro atoms. The summed E-state index contributed by atoms with van der Waals surface area (Å²) in [6.45, 7) is 4.65. The Morgan fingerprint density at radius 3 is 2.46 bits per heavy atom. The van der Waals surface area contributed by atoms with E-state index in [4.69, 9.17) is 17.3 Å². The van der Waals surface area contributed by atoms with Crippen LogP contribution in [-0.2, 0) is 4.79 Å². The van der Waals surface area contributed by atoms with Crippen LogP contribution in [0, 0.1) is 16.0 Å². The summed E-state index contributed by atoms with van der Waals surface area (Å²) in [6.07, 6.45) is 1.56. The van der Waals surface area contributed by atoms with Crippen molar-refractivity contribution in [1.82, 2.24) is 10.6 Å². The molecule has 0 aliphatic rings. The largest absolute Gasteiger partial charge is 0.354 e. The molecule has 1 aromatic carbocycles. The number of hydrogen-bond donors (Lipinski definition) is 3. The quantitative estimate of drug-likeness (QED) is 0.329. The van der Waals surface area contributed by atoms with Crippen molar-refractivity contribution in [2.75, 3.05) is 13.1 Å². The number of nitrogens with two attached hydrogens (primary N) is 1. The molecule has 0 radical (unpaired) electrons. The first-order valence-corrected chi connectivity index (χ1v) is 8.38. The van der Waals surface area contributed by atoms with Crippen LogP contribution in [0.5, 0.6) is 0 Å². The number of nitrogens with one attached hydrogen (secondary N) is 2. The molecule has 4 N–H and O–H groups in total. The van der Waals surface area contributed by atoms with E-state index >= 15 is 0 Å². The third-order valence-electron chi connectivity index (χ3n) is 3.57. The van der Waals surface area contributed by atoms with Crippen LogP contribution >= 0.6 is 24.0 Å². The highest BCUT2D eigenvalue weighted by Gasteiger charge is 2.25. The second kappa shape index (κ2) is 11.7. The van der Waals surface area contributed by atoms with Crippen LogP contribution in [-0.4, -0.2) is 35.9 Å². The Labute approximate surface area is 163 Å². The summed E-state index contributed by atoms with van der Waals surface area (Å²) in [7, 11) is 0. The molecule has 2 amide bonds. The van der Waals surface area contributed by atoms with Crippen molar-refractivity contribution in [2.24, 2.45) is 11.7 Å². The first kappa shape index (κ1) is 24.1. The summed E-state index contributed by atoms with van der Waals surface area (Å²) in [5.41, 5.74) is 5.27. The van der Waals surface area contributed by atoms with Crippen LogP contribution in [0.25, 0.3) is 0 Å². The number of amides is 2. The molecule has 26 heavy (non-hydrogen) atoms. The predicted molar refractivity (Wildman–Crippen MR) is 103 cm³/mol.